The fourth-order valence-electron chi connectivity index (χ4n) is 2.86. The molecule has 2 fully saturated rings. The maximum absolute atomic E-state index is 6.07. The number of fused-ring (bicyclic) bond motifs is 1. The van der Waals surface area contributed by atoms with Crippen molar-refractivity contribution >= 4 is 11.6 Å². The Kier molecular flexibility index (Phi) is 2.84. The molecule has 0 bridgehead atoms. The Morgan fingerprint density at radius 3 is 2.81 bits per heavy atom. The van der Waals surface area contributed by atoms with E-state index in [0.29, 0.717) is 5.15 Å². The summed E-state index contributed by atoms with van der Waals surface area (Å²) in [6.07, 6.45) is 1.74. The number of nitrogens with one attached hydrogen (secondary N) is 1. The van der Waals surface area contributed by atoms with Crippen LogP contribution in [0.4, 0.5) is 0 Å². The van der Waals surface area contributed by atoms with Crippen LogP contribution in [-0.2, 0) is 6.54 Å². The topological polar surface area (TPSA) is 28.2 Å². The van der Waals surface area contributed by atoms with Gasteiger partial charge in [0.15, 0.2) is 0 Å². The molecule has 1 N–H and O–H groups in total. The number of likely N-dealkylation sites (tertiary alicyclic amines) is 1. The van der Waals surface area contributed by atoms with Gasteiger partial charge < -0.3 is 5.32 Å². The molecule has 4 heteroatoms. The van der Waals surface area contributed by atoms with Gasteiger partial charge in [0.1, 0.15) is 5.15 Å². The number of nitrogens with zero attached hydrogens (tertiary/aromatic N) is 2. The SMILES string of the molecule is Clc1ncccc1CN1C[C@H]2CNC[C@H]2C1. The first-order valence-corrected chi connectivity index (χ1v) is 6.23. The van der Waals surface area contributed by atoms with Gasteiger partial charge in [0.25, 0.3) is 0 Å². The monoisotopic (exact) mass is 237 g/mol. The first-order chi connectivity index (χ1) is 7.83. The number of halogens is 1. The highest BCUT2D eigenvalue weighted by molar-refractivity contribution is 6.30. The first kappa shape index (κ1) is 10.5. The molecular weight excluding hydrogens is 222 g/mol. The molecule has 0 amide bonds. The molecule has 0 saturated carbocycles. The van der Waals surface area contributed by atoms with E-state index in [-0.39, 0.29) is 0 Å². The van der Waals surface area contributed by atoms with E-state index < -0.39 is 0 Å². The molecule has 0 aromatic carbocycles. The number of pyridine rings is 1. The average molecular weight is 238 g/mol. The Bertz CT molecular complexity index is 370. The van der Waals surface area contributed by atoms with Gasteiger partial charge in [0.2, 0.25) is 0 Å². The lowest BCUT2D eigenvalue weighted by molar-refractivity contribution is 0.305. The highest BCUT2D eigenvalue weighted by Gasteiger charge is 2.35. The normalized spacial score (nSPS) is 29.6. The van der Waals surface area contributed by atoms with Gasteiger partial charge in [0, 0.05) is 31.4 Å². The molecule has 3 heterocycles. The summed E-state index contributed by atoms with van der Waals surface area (Å²) < 4.78 is 0. The Labute approximate surface area is 101 Å². The summed E-state index contributed by atoms with van der Waals surface area (Å²) in [6.45, 7) is 5.70. The van der Waals surface area contributed by atoms with Gasteiger partial charge in [-0.3, -0.25) is 4.90 Å². The second-order valence-corrected chi connectivity index (χ2v) is 5.18. The van der Waals surface area contributed by atoms with Crippen LogP contribution in [0.15, 0.2) is 18.3 Å². The highest BCUT2D eigenvalue weighted by atomic mass is 35.5. The van der Waals surface area contributed by atoms with E-state index in [1.807, 2.05) is 6.07 Å². The van der Waals surface area contributed by atoms with Crippen molar-refractivity contribution < 1.29 is 0 Å². The molecule has 3 nitrogen and oxygen atoms in total. The Balaban J connectivity index is 1.66. The summed E-state index contributed by atoms with van der Waals surface area (Å²) in [5.74, 6) is 1.69. The van der Waals surface area contributed by atoms with Crippen LogP contribution in [0, 0.1) is 11.8 Å². The van der Waals surface area contributed by atoms with E-state index >= 15 is 0 Å². The maximum Gasteiger partial charge on any atom is 0.133 e. The van der Waals surface area contributed by atoms with Crippen LogP contribution in [0.2, 0.25) is 5.15 Å². The lowest BCUT2D eigenvalue weighted by Gasteiger charge is -2.17. The lowest BCUT2D eigenvalue weighted by Crippen LogP contribution is -2.25. The van der Waals surface area contributed by atoms with Crippen molar-refractivity contribution in [3.8, 4) is 0 Å². The molecule has 0 radical (unpaired) electrons. The third-order valence-corrected chi connectivity index (χ3v) is 4.04. The minimum absolute atomic E-state index is 0.651. The van der Waals surface area contributed by atoms with Crippen LogP contribution in [0.5, 0.6) is 0 Å². The quantitative estimate of drug-likeness (QED) is 0.788. The molecule has 3 rings (SSSR count). The van der Waals surface area contributed by atoms with E-state index in [1.54, 1.807) is 6.20 Å². The van der Waals surface area contributed by atoms with Crippen LogP contribution in [-0.4, -0.2) is 36.1 Å². The Morgan fingerprint density at radius 2 is 2.12 bits per heavy atom. The van der Waals surface area contributed by atoms with Crippen molar-refractivity contribution in [2.75, 3.05) is 26.2 Å². The largest absolute Gasteiger partial charge is 0.316 e. The van der Waals surface area contributed by atoms with Gasteiger partial charge in [-0.15, -0.1) is 0 Å². The van der Waals surface area contributed by atoms with Crippen molar-refractivity contribution in [2.45, 2.75) is 6.54 Å². The molecule has 2 aliphatic rings. The molecule has 0 unspecified atom stereocenters. The van der Waals surface area contributed by atoms with Gasteiger partial charge in [-0.2, -0.15) is 0 Å². The Morgan fingerprint density at radius 1 is 1.38 bits per heavy atom. The van der Waals surface area contributed by atoms with Crippen LogP contribution in [0.25, 0.3) is 0 Å². The van der Waals surface area contributed by atoms with E-state index in [0.717, 1.165) is 23.9 Å². The highest BCUT2D eigenvalue weighted by Crippen LogP contribution is 2.28. The second kappa shape index (κ2) is 4.32. The third-order valence-electron chi connectivity index (χ3n) is 3.70. The van der Waals surface area contributed by atoms with Crippen molar-refractivity contribution in [1.82, 2.24) is 15.2 Å². The van der Waals surface area contributed by atoms with Crippen LogP contribution in [0.1, 0.15) is 5.56 Å². The molecule has 0 aliphatic carbocycles. The average Bonchev–Trinajstić information content (AvgIpc) is 2.81. The summed E-state index contributed by atoms with van der Waals surface area (Å²) in [5, 5.41) is 4.11. The summed E-state index contributed by atoms with van der Waals surface area (Å²) in [7, 11) is 0. The number of hydrogen-bond donors (Lipinski definition) is 1. The minimum atomic E-state index is 0.651. The summed E-state index contributed by atoms with van der Waals surface area (Å²) >= 11 is 6.07. The van der Waals surface area contributed by atoms with Gasteiger partial charge >= 0.3 is 0 Å². The number of aromatic nitrogens is 1. The number of hydrogen-bond acceptors (Lipinski definition) is 3. The van der Waals surface area contributed by atoms with Gasteiger partial charge in [-0.1, -0.05) is 17.7 Å². The van der Waals surface area contributed by atoms with Crippen LogP contribution < -0.4 is 5.32 Å². The molecule has 2 saturated heterocycles. The molecule has 86 valence electrons. The second-order valence-electron chi connectivity index (χ2n) is 4.83. The van der Waals surface area contributed by atoms with Gasteiger partial charge in [-0.25, -0.2) is 4.98 Å². The van der Waals surface area contributed by atoms with Gasteiger partial charge in [-0.05, 0) is 31.0 Å². The molecule has 0 spiro atoms. The predicted octanol–water partition coefficient (Wildman–Crippen LogP) is 1.39. The molecule has 2 atom stereocenters. The summed E-state index contributed by atoms with van der Waals surface area (Å²) in [5.41, 5.74) is 1.15. The summed E-state index contributed by atoms with van der Waals surface area (Å²) in [6, 6.07) is 4.03. The van der Waals surface area contributed by atoms with E-state index in [2.05, 4.69) is 21.3 Å². The van der Waals surface area contributed by atoms with Crippen LogP contribution in [0.3, 0.4) is 0 Å². The zero-order valence-corrected chi connectivity index (χ0v) is 9.95. The fourth-order valence-corrected chi connectivity index (χ4v) is 3.04. The zero-order valence-electron chi connectivity index (χ0n) is 9.19. The molecule has 1 aromatic rings. The van der Waals surface area contributed by atoms with Gasteiger partial charge in [0.05, 0.1) is 0 Å². The standard InChI is InChI=1S/C12H16ClN3/c13-12-9(2-1-3-15-12)6-16-7-10-4-14-5-11(10)8-16/h1-3,10-11,14H,4-8H2/t10-,11+. The molecule has 1 aromatic heterocycles. The minimum Gasteiger partial charge on any atom is -0.316 e. The lowest BCUT2D eigenvalue weighted by atomic mass is 10.0. The maximum atomic E-state index is 6.07. The first-order valence-electron chi connectivity index (χ1n) is 5.85. The molecule has 2 aliphatic heterocycles. The van der Waals surface area contributed by atoms with E-state index in [9.17, 15) is 0 Å². The van der Waals surface area contributed by atoms with E-state index in [4.69, 9.17) is 11.6 Å². The van der Waals surface area contributed by atoms with E-state index in [1.165, 1.54) is 26.2 Å². The Hall–Kier alpha value is -0.640. The van der Waals surface area contributed by atoms with Crippen molar-refractivity contribution in [3.05, 3.63) is 29.0 Å². The molecular formula is C12H16ClN3. The van der Waals surface area contributed by atoms with Crippen molar-refractivity contribution in [1.29, 1.82) is 0 Å². The predicted molar refractivity (Wildman–Crippen MR) is 64.4 cm³/mol. The zero-order chi connectivity index (χ0) is 11.0. The van der Waals surface area contributed by atoms with Crippen molar-refractivity contribution in [3.63, 3.8) is 0 Å². The third kappa shape index (κ3) is 1.95. The smallest absolute Gasteiger partial charge is 0.133 e. The van der Waals surface area contributed by atoms with Crippen LogP contribution >= 0.6 is 11.6 Å². The molecule has 16 heavy (non-hydrogen) atoms. The number of rotatable bonds is 2. The summed E-state index contributed by atoms with van der Waals surface area (Å²) in [4.78, 5) is 6.62. The van der Waals surface area contributed by atoms with Crippen molar-refractivity contribution in [2.24, 2.45) is 11.8 Å². The fraction of sp³-hybridized carbons (Fsp3) is 0.583.